The van der Waals surface area contributed by atoms with Crippen LogP contribution in [-0.4, -0.2) is 62.9 Å². The molecule has 3 rings (SSSR count). The molecule has 120 valence electrons. The van der Waals surface area contributed by atoms with Crippen LogP contribution in [0.15, 0.2) is 42.6 Å². The van der Waals surface area contributed by atoms with Crippen LogP contribution < -0.4 is 0 Å². The first-order valence-corrected chi connectivity index (χ1v) is 7.48. The van der Waals surface area contributed by atoms with Gasteiger partial charge in [0.25, 0.3) is 0 Å². The maximum absolute atomic E-state index is 12.3. The lowest BCUT2D eigenvalue weighted by Gasteiger charge is -2.34. The minimum Gasteiger partial charge on any atom is -0.476 e. The zero-order valence-corrected chi connectivity index (χ0v) is 12.6. The van der Waals surface area contributed by atoms with Crippen molar-refractivity contribution >= 4 is 12.0 Å². The molecule has 0 radical (unpaired) electrons. The van der Waals surface area contributed by atoms with Crippen molar-refractivity contribution in [3.05, 3.63) is 53.9 Å². The van der Waals surface area contributed by atoms with Crippen molar-refractivity contribution in [3.8, 4) is 0 Å². The minimum atomic E-state index is -1.13. The normalized spacial score (nSPS) is 15.6. The molecule has 7 nitrogen and oxygen atoms in total. The molecule has 1 aliphatic heterocycles. The van der Waals surface area contributed by atoms with Crippen LogP contribution in [-0.2, 0) is 6.54 Å². The summed E-state index contributed by atoms with van der Waals surface area (Å²) in [7, 11) is 0. The Morgan fingerprint density at radius 3 is 2.35 bits per heavy atom. The second kappa shape index (κ2) is 6.62. The zero-order valence-electron chi connectivity index (χ0n) is 12.6. The van der Waals surface area contributed by atoms with E-state index in [0.717, 1.165) is 24.3 Å². The largest absolute Gasteiger partial charge is 0.476 e. The van der Waals surface area contributed by atoms with Gasteiger partial charge in [0.05, 0.1) is 0 Å². The van der Waals surface area contributed by atoms with Gasteiger partial charge in [-0.3, -0.25) is 4.90 Å². The van der Waals surface area contributed by atoms with Crippen LogP contribution in [0, 0.1) is 0 Å². The van der Waals surface area contributed by atoms with Crippen molar-refractivity contribution in [2.75, 3.05) is 26.2 Å². The van der Waals surface area contributed by atoms with E-state index in [4.69, 9.17) is 5.11 Å². The molecule has 2 heterocycles. The van der Waals surface area contributed by atoms with Gasteiger partial charge in [0.1, 0.15) is 0 Å². The number of aromatic nitrogens is 2. The average molecular weight is 314 g/mol. The van der Waals surface area contributed by atoms with Crippen LogP contribution in [0.25, 0.3) is 0 Å². The third-order valence-electron chi connectivity index (χ3n) is 3.90. The Hall–Kier alpha value is -2.67. The van der Waals surface area contributed by atoms with E-state index in [9.17, 15) is 9.59 Å². The van der Waals surface area contributed by atoms with Crippen LogP contribution in [0.3, 0.4) is 0 Å². The molecule has 1 aromatic heterocycles. The molecule has 1 N–H and O–H groups in total. The lowest BCUT2D eigenvalue weighted by molar-refractivity contribution is 0.0689. The molecule has 1 amide bonds. The molecule has 0 saturated carbocycles. The smallest absolute Gasteiger partial charge is 0.356 e. The fraction of sp³-hybridized carbons (Fsp3) is 0.312. The van der Waals surface area contributed by atoms with E-state index < -0.39 is 5.97 Å². The molecule has 0 spiro atoms. The predicted octanol–water partition coefficient (Wildman–Crippen LogP) is 1.37. The van der Waals surface area contributed by atoms with Gasteiger partial charge in [0.15, 0.2) is 5.69 Å². The van der Waals surface area contributed by atoms with E-state index in [1.807, 2.05) is 18.2 Å². The topological polar surface area (TPSA) is 78.7 Å². The number of carboxylic acid groups (broad SMARTS) is 1. The summed E-state index contributed by atoms with van der Waals surface area (Å²) < 4.78 is 1.09. The van der Waals surface area contributed by atoms with Gasteiger partial charge in [-0.25, -0.2) is 9.59 Å². The maximum Gasteiger partial charge on any atom is 0.356 e. The average Bonchev–Trinajstić information content (AvgIpc) is 3.06. The standard InChI is InChI=1S/C16H18N4O3/c21-15(22)14-6-7-20(17-14)16(23)19-10-8-18(9-11-19)12-13-4-2-1-3-5-13/h1-7H,8-12H2,(H,21,22). The number of hydrogen-bond donors (Lipinski definition) is 1. The van der Waals surface area contributed by atoms with Gasteiger partial charge in [-0.2, -0.15) is 9.78 Å². The van der Waals surface area contributed by atoms with Crippen LogP contribution in [0.5, 0.6) is 0 Å². The molecule has 0 unspecified atom stereocenters. The van der Waals surface area contributed by atoms with E-state index in [1.165, 1.54) is 17.8 Å². The highest BCUT2D eigenvalue weighted by Crippen LogP contribution is 2.09. The monoisotopic (exact) mass is 314 g/mol. The first kappa shape index (κ1) is 15.2. The number of nitrogens with zero attached hydrogens (tertiary/aromatic N) is 4. The summed E-state index contributed by atoms with van der Waals surface area (Å²) >= 11 is 0. The number of amides is 1. The second-order valence-electron chi connectivity index (χ2n) is 5.48. The molecule has 1 saturated heterocycles. The predicted molar refractivity (Wildman–Crippen MR) is 83.3 cm³/mol. The zero-order chi connectivity index (χ0) is 16.2. The van der Waals surface area contributed by atoms with Crippen molar-refractivity contribution in [3.63, 3.8) is 0 Å². The van der Waals surface area contributed by atoms with Crippen molar-refractivity contribution < 1.29 is 14.7 Å². The number of carboxylic acids is 1. The third kappa shape index (κ3) is 3.57. The quantitative estimate of drug-likeness (QED) is 0.925. The number of benzene rings is 1. The molecule has 0 atom stereocenters. The van der Waals surface area contributed by atoms with Crippen molar-refractivity contribution in [2.24, 2.45) is 0 Å². The van der Waals surface area contributed by atoms with Crippen LogP contribution in [0.2, 0.25) is 0 Å². The second-order valence-corrected chi connectivity index (χ2v) is 5.48. The van der Waals surface area contributed by atoms with Gasteiger partial charge in [-0.1, -0.05) is 30.3 Å². The molecule has 0 bridgehead atoms. The lowest BCUT2D eigenvalue weighted by atomic mass is 10.2. The fourth-order valence-corrected chi connectivity index (χ4v) is 2.63. The number of aromatic carboxylic acids is 1. The van der Waals surface area contributed by atoms with Gasteiger partial charge < -0.3 is 10.0 Å². The maximum atomic E-state index is 12.3. The van der Waals surface area contributed by atoms with Crippen molar-refractivity contribution in [1.82, 2.24) is 19.6 Å². The highest BCUT2D eigenvalue weighted by Gasteiger charge is 2.23. The van der Waals surface area contributed by atoms with E-state index in [0.29, 0.717) is 13.1 Å². The number of piperazine rings is 1. The molecule has 1 aromatic carbocycles. The summed E-state index contributed by atoms with van der Waals surface area (Å²) in [5.74, 6) is -1.13. The van der Waals surface area contributed by atoms with Crippen LogP contribution >= 0.6 is 0 Å². The van der Waals surface area contributed by atoms with Crippen molar-refractivity contribution in [2.45, 2.75) is 6.54 Å². The Labute approximate surface area is 133 Å². The fourth-order valence-electron chi connectivity index (χ4n) is 2.63. The number of carbonyl (C=O) groups excluding carboxylic acids is 1. The number of rotatable bonds is 3. The van der Waals surface area contributed by atoms with Gasteiger partial charge >= 0.3 is 12.0 Å². The first-order chi connectivity index (χ1) is 11.1. The molecular formula is C16H18N4O3. The molecule has 0 aliphatic carbocycles. The molecule has 7 heteroatoms. The van der Waals surface area contributed by atoms with Gasteiger partial charge in [0.2, 0.25) is 0 Å². The summed E-state index contributed by atoms with van der Waals surface area (Å²) in [5.41, 5.74) is 1.13. The highest BCUT2D eigenvalue weighted by molar-refractivity contribution is 5.86. The first-order valence-electron chi connectivity index (χ1n) is 7.48. The van der Waals surface area contributed by atoms with Crippen molar-refractivity contribution in [1.29, 1.82) is 0 Å². The summed E-state index contributed by atoms with van der Waals surface area (Å²) in [6.07, 6.45) is 1.39. The molecular weight excluding hydrogens is 296 g/mol. The Bertz CT molecular complexity index is 690. The molecule has 1 aliphatic rings. The van der Waals surface area contributed by atoms with E-state index in [-0.39, 0.29) is 11.7 Å². The number of hydrogen-bond acceptors (Lipinski definition) is 4. The Morgan fingerprint density at radius 1 is 1.04 bits per heavy atom. The Balaban J connectivity index is 1.55. The summed E-state index contributed by atoms with van der Waals surface area (Å²) in [6, 6.07) is 11.3. The van der Waals surface area contributed by atoms with E-state index in [2.05, 4.69) is 22.1 Å². The van der Waals surface area contributed by atoms with Crippen LogP contribution in [0.4, 0.5) is 4.79 Å². The van der Waals surface area contributed by atoms with Gasteiger partial charge in [-0.15, -0.1) is 0 Å². The molecule has 1 fully saturated rings. The third-order valence-corrected chi connectivity index (χ3v) is 3.90. The summed E-state index contributed by atoms with van der Waals surface area (Å²) in [5, 5.41) is 12.6. The van der Waals surface area contributed by atoms with Gasteiger partial charge in [0, 0.05) is 38.9 Å². The number of carbonyl (C=O) groups is 2. The minimum absolute atomic E-state index is 0.124. The molecule has 23 heavy (non-hydrogen) atoms. The Kier molecular flexibility index (Phi) is 4.38. The Morgan fingerprint density at radius 2 is 1.74 bits per heavy atom. The molecule has 2 aromatic rings. The lowest BCUT2D eigenvalue weighted by Crippen LogP contribution is -2.49. The van der Waals surface area contributed by atoms with Crippen LogP contribution in [0.1, 0.15) is 16.1 Å². The SMILES string of the molecule is O=C(O)c1ccn(C(=O)N2CCN(Cc3ccccc3)CC2)n1. The highest BCUT2D eigenvalue weighted by atomic mass is 16.4. The summed E-state index contributed by atoms with van der Waals surface area (Å²) in [6.45, 7) is 3.65. The van der Waals surface area contributed by atoms with E-state index in [1.54, 1.807) is 4.90 Å². The summed E-state index contributed by atoms with van der Waals surface area (Å²) in [4.78, 5) is 27.1. The van der Waals surface area contributed by atoms with E-state index >= 15 is 0 Å². The van der Waals surface area contributed by atoms with Gasteiger partial charge in [-0.05, 0) is 11.6 Å².